The van der Waals surface area contributed by atoms with Gasteiger partial charge in [0, 0.05) is 24.7 Å². The molecule has 2 aliphatic heterocycles. The van der Waals surface area contributed by atoms with Crippen LogP contribution in [0.2, 0.25) is 0 Å². The molecule has 20 heavy (non-hydrogen) atoms. The molecule has 2 atom stereocenters. The van der Waals surface area contributed by atoms with Crippen molar-refractivity contribution in [1.29, 1.82) is 0 Å². The summed E-state index contributed by atoms with van der Waals surface area (Å²) in [5.41, 5.74) is 1.19. The maximum absolute atomic E-state index is 9.65. The van der Waals surface area contributed by atoms with Crippen molar-refractivity contribution in [2.45, 2.75) is 50.4 Å². The predicted molar refractivity (Wildman–Crippen MR) is 79.1 cm³/mol. The van der Waals surface area contributed by atoms with Crippen molar-refractivity contribution in [3.63, 3.8) is 0 Å². The standard InChI is InChI=1S/C16H24N2O2/c1-18(14-8-12-4-5-13(9-14)17-12)10-11-3-6-15(19)16(7-11)20-2/h3,6-7,12-14,17,19H,4-5,8-10H2,1-2H3. The maximum Gasteiger partial charge on any atom is 0.160 e. The quantitative estimate of drug-likeness (QED) is 0.884. The summed E-state index contributed by atoms with van der Waals surface area (Å²) in [5, 5.41) is 13.3. The third kappa shape index (κ3) is 2.76. The molecule has 110 valence electrons. The first-order chi connectivity index (χ1) is 9.65. The average molecular weight is 276 g/mol. The molecule has 2 bridgehead atoms. The molecular formula is C16H24N2O2. The number of fused-ring (bicyclic) bond motifs is 2. The minimum absolute atomic E-state index is 0.207. The van der Waals surface area contributed by atoms with Gasteiger partial charge in [0.05, 0.1) is 7.11 Å². The Balaban J connectivity index is 1.65. The second kappa shape index (κ2) is 5.62. The molecule has 2 N–H and O–H groups in total. The fourth-order valence-electron chi connectivity index (χ4n) is 3.62. The van der Waals surface area contributed by atoms with Crippen LogP contribution in [0.1, 0.15) is 31.2 Å². The second-order valence-electron chi connectivity index (χ2n) is 6.18. The van der Waals surface area contributed by atoms with Crippen molar-refractivity contribution in [2.75, 3.05) is 14.2 Å². The van der Waals surface area contributed by atoms with Gasteiger partial charge in [0.15, 0.2) is 11.5 Å². The van der Waals surface area contributed by atoms with Crippen LogP contribution in [0.15, 0.2) is 18.2 Å². The molecule has 0 aromatic heterocycles. The molecule has 2 aliphatic rings. The highest BCUT2D eigenvalue weighted by Gasteiger charge is 2.34. The van der Waals surface area contributed by atoms with Crippen LogP contribution >= 0.6 is 0 Å². The monoisotopic (exact) mass is 276 g/mol. The SMILES string of the molecule is COc1cc(CN(C)C2CC3CCC(C2)N3)ccc1O. The Morgan fingerprint density at radius 3 is 2.65 bits per heavy atom. The Kier molecular flexibility index (Phi) is 3.85. The topological polar surface area (TPSA) is 44.7 Å². The number of methoxy groups -OCH3 is 1. The Bertz CT molecular complexity index is 466. The number of aromatic hydroxyl groups is 1. The molecule has 0 radical (unpaired) electrons. The largest absolute Gasteiger partial charge is 0.504 e. The first-order valence-corrected chi connectivity index (χ1v) is 7.48. The van der Waals surface area contributed by atoms with Gasteiger partial charge in [0.1, 0.15) is 0 Å². The molecule has 2 saturated heterocycles. The van der Waals surface area contributed by atoms with E-state index in [4.69, 9.17) is 4.74 Å². The molecular weight excluding hydrogens is 252 g/mol. The zero-order chi connectivity index (χ0) is 14.1. The molecule has 3 rings (SSSR count). The van der Waals surface area contributed by atoms with E-state index in [1.165, 1.54) is 31.2 Å². The first-order valence-electron chi connectivity index (χ1n) is 7.48. The lowest BCUT2D eigenvalue weighted by molar-refractivity contribution is 0.166. The average Bonchev–Trinajstić information content (AvgIpc) is 2.79. The number of rotatable bonds is 4. The highest BCUT2D eigenvalue weighted by molar-refractivity contribution is 5.41. The van der Waals surface area contributed by atoms with E-state index in [0.717, 1.165) is 18.6 Å². The first kappa shape index (κ1) is 13.7. The number of nitrogens with zero attached hydrogens (tertiary/aromatic N) is 1. The van der Waals surface area contributed by atoms with Crippen LogP contribution in [-0.4, -0.2) is 42.3 Å². The van der Waals surface area contributed by atoms with Gasteiger partial charge in [-0.1, -0.05) is 6.07 Å². The van der Waals surface area contributed by atoms with E-state index < -0.39 is 0 Å². The Morgan fingerprint density at radius 1 is 1.30 bits per heavy atom. The van der Waals surface area contributed by atoms with E-state index >= 15 is 0 Å². The van der Waals surface area contributed by atoms with E-state index in [0.29, 0.717) is 11.8 Å². The van der Waals surface area contributed by atoms with Crippen molar-refractivity contribution in [3.8, 4) is 11.5 Å². The highest BCUT2D eigenvalue weighted by Crippen LogP contribution is 2.31. The van der Waals surface area contributed by atoms with Crippen molar-refractivity contribution < 1.29 is 9.84 Å². The van der Waals surface area contributed by atoms with Gasteiger partial charge in [-0.15, -0.1) is 0 Å². The molecule has 2 fully saturated rings. The molecule has 0 amide bonds. The molecule has 4 nitrogen and oxygen atoms in total. The van der Waals surface area contributed by atoms with E-state index in [-0.39, 0.29) is 5.75 Å². The number of hydrogen-bond donors (Lipinski definition) is 2. The molecule has 2 unspecified atom stereocenters. The third-order valence-corrected chi connectivity index (χ3v) is 4.75. The highest BCUT2D eigenvalue weighted by atomic mass is 16.5. The van der Waals surface area contributed by atoms with Gasteiger partial charge < -0.3 is 15.2 Å². The summed E-state index contributed by atoms with van der Waals surface area (Å²) in [4.78, 5) is 2.44. The zero-order valence-electron chi connectivity index (χ0n) is 12.3. The van der Waals surface area contributed by atoms with Crippen LogP contribution in [0, 0.1) is 0 Å². The van der Waals surface area contributed by atoms with Gasteiger partial charge in [-0.25, -0.2) is 0 Å². The van der Waals surface area contributed by atoms with Gasteiger partial charge >= 0.3 is 0 Å². The molecule has 1 aromatic rings. The fourth-order valence-corrected chi connectivity index (χ4v) is 3.62. The van der Waals surface area contributed by atoms with E-state index in [1.54, 1.807) is 13.2 Å². The number of piperidine rings is 1. The number of phenols is 1. The number of benzene rings is 1. The van der Waals surface area contributed by atoms with Gasteiger partial charge in [-0.05, 0) is 50.4 Å². The maximum atomic E-state index is 9.65. The fraction of sp³-hybridized carbons (Fsp3) is 0.625. The molecule has 2 heterocycles. The molecule has 0 saturated carbocycles. The normalized spacial score (nSPS) is 28.9. The molecule has 1 aromatic carbocycles. The summed E-state index contributed by atoms with van der Waals surface area (Å²) in [5.74, 6) is 0.764. The lowest BCUT2D eigenvalue weighted by atomic mass is 9.98. The van der Waals surface area contributed by atoms with Crippen LogP contribution in [0.4, 0.5) is 0 Å². The number of ether oxygens (including phenoxy) is 1. The lowest BCUT2D eigenvalue weighted by Gasteiger charge is -2.35. The summed E-state index contributed by atoms with van der Waals surface area (Å²) < 4.78 is 5.18. The third-order valence-electron chi connectivity index (χ3n) is 4.75. The number of nitrogens with one attached hydrogen (secondary N) is 1. The predicted octanol–water partition coefficient (Wildman–Crippen LogP) is 2.12. The van der Waals surface area contributed by atoms with Gasteiger partial charge in [-0.2, -0.15) is 0 Å². The second-order valence-corrected chi connectivity index (χ2v) is 6.18. The summed E-state index contributed by atoms with van der Waals surface area (Å²) in [6.07, 6.45) is 5.18. The summed E-state index contributed by atoms with van der Waals surface area (Å²) >= 11 is 0. The van der Waals surface area contributed by atoms with Crippen molar-refractivity contribution in [3.05, 3.63) is 23.8 Å². The van der Waals surface area contributed by atoms with Crippen LogP contribution in [-0.2, 0) is 6.54 Å². The van der Waals surface area contributed by atoms with Crippen molar-refractivity contribution in [1.82, 2.24) is 10.2 Å². The van der Waals surface area contributed by atoms with Crippen molar-refractivity contribution >= 4 is 0 Å². The van der Waals surface area contributed by atoms with Crippen LogP contribution in [0.5, 0.6) is 11.5 Å². The van der Waals surface area contributed by atoms with E-state index in [1.807, 2.05) is 12.1 Å². The van der Waals surface area contributed by atoms with E-state index in [9.17, 15) is 5.11 Å². The van der Waals surface area contributed by atoms with Gasteiger partial charge in [0.2, 0.25) is 0 Å². The number of hydrogen-bond acceptors (Lipinski definition) is 4. The van der Waals surface area contributed by atoms with Crippen LogP contribution in [0.3, 0.4) is 0 Å². The lowest BCUT2D eigenvalue weighted by Crippen LogP contribution is -2.46. The Labute approximate surface area is 120 Å². The minimum atomic E-state index is 0.207. The summed E-state index contributed by atoms with van der Waals surface area (Å²) in [7, 11) is 3.79. The summed E-state index contributed by atoms with van der Waals surface area (Å²) in [6, 6.07) is 7.72. The molecule has 0 spiro atoms. The summed E-state index contributed by atoms with van der Waals surface area (Å²) in [6.45, 7) is 0.904. The van der Waals surface area contributed by atoms with Crippen molar-refractivity contribution in [2.24, 2.45) is 0 Å². The Morgan fingerprint density at radius 2 is 2.00 bits per heavy atom. The van der Waals surface area contributed by atoms with Gasteiger partial charge in [0.25, 0.3) is 0 Å². The zero-order valence-corrected chi connectivity index (χ0v) is 12.3. The van der Waals surface area contributed by atoms with E-state index in [2.05, 4.69) is 17.3 Å². The minimum Gasteiger partial charge on any atom is -0.504 e. The number of phenolic OH excluding ortho intramolecular Hbond substituents is 1. The van der Waals surface area contributed by atoms with Crippen LogP contribution in [0.25, 0.3) is 0 Å². The van der Waals surface area contributed by atoms with Gasteiger partial charge in [-0.3, -0.25) is 4.90 Å². The molecule has 4 heteroatoms. The smallest absolute Gasteiger partial charge is 0.160 e. The Hall–Kier alpha value is -1.26. The molecule has 0 aliphatic carbocycles. The van der Waals surface area contributed by atoms with Crippen LogP contribution < -0.4 is 10.1 Å².